The van der Waals surface area contributed by atoms with Crippen molar-refractivity contribution in [3.63, 3.8) is 0 Å². The van der Waals surface area contributed by atoms with E-state index in [9.17, 15) is 24.3 Å². The molecule has 3 N–H and O–H groups in total. The third kappa shape index (κ3) is 9.14. The Hall–Kier alpha value is -3.30. The number of carbonyl (C=O) groups is 4. The van der Waals surface area contributed by atoms with Crippen molar-refractivity contribution >= 4 is 23.9 Å². The van der Waals surface area contributed by atoms with Crippen molar-refractivity contribution < 1.29 is 33.8 Å². The molecule has 1 saturated carbocycles. The topological polar surface area (TPSA) is 134 Å². The highest BCUT2D eigenvalue weighted by Gasteiger charge is 2.43. The molecular formula is C29H45N3O7. The largest absolute Gasteiger partial charge is 0.508 e. The van der Waals surface area contributed by atoms with E-state index in [-0.39, 0.29) is 43.2 Å². The lowest BCUT2D eigenvalue weighted by Crippen LogP contribution is -2.59. The zero-order valence-electron chi connectivity index (χ0n) is 24.3. The minimum atomic E-state index is -1.03. The monoisotopic (exact) mass is 547 g/mol. The lowest BCUT2D eigenvalue weighted by Gasteiger charge is -2.44. The van der Waals surface area contributed by atoms with Crippen LogP contribution in [0.5, 0.6) is 5.75 Å². The summed E-state index contributed by atoms with van der Waals surface area (Å²) in [7, 11) is 0. The number of benzene rings is 1. The van der Waals surface area contributed by atoms with Crippen molar-refractivity contribution in [2.24, 2.45) is 5.92 Å². The quantitative estimate of drug-likeness (QED) is 0.335. The summed E-state index contributed by atoms with van der Waals surface area (Å²) in [6, 6.07) is 2.65. The van der Waals surface area contributed by atoms with E-state index in [1.807, 2.05) is 13.8 Å². The molecule has 0 aliphatic heterocycles. The summed E-state index contributed by atoms with van der Waals surface area (Å²) in [6.07, 6.45) is 2.25. The first-order valence-electron chi connectivity index (χ1n) is 13.8. The van der Waals surface area contributed by atoms with Gasteiger partial charge >= 0.3 is 12.1 Å². The first-order valence-corrected chi connectivity index (χ1v) is 13.8. The molecule has 0 heterocycles. The van der Waals surface area contributed by atoms with Crippen LogP contribution in [-0.4, -0.2) is 64.7 Å². The van der Waals surface area contributed by atoms with Gasteiger partial charge in [-0.15, -0.1) is 0 Å². The predicted octanol–water partition coefficient (Wildman–Crippen LogP) is 4.13. The van der Waals surface area contributed by atoms with Crippen LogP contribution in [0.3, 0.4) is 0 Å². The average molecular weight is 548 g/mol. The van der Waals surface area contributed by atoms with Gasteiger partial charge in [0.05, 0.1) is 13.0 Å². The molecule has 3 amide bonds. The lowest BCUT2D eigenvalue weighted by molar-refractivity contribution is -0.149. The summed E-state index contributed by atoms with van der Waals surface area (Å²) in [5, 5.41) is 15.7. The molecule has 1 aliphatic carbocycles. The molecule has 0 spiro atoms. The van der Waals surface area contributed by atoms with Gasteiger partial charge in [-0.3, -0.25) is 14.4 Å². The van der Waals surface area contributed by atoms with E-state index in [1.165, 1.54) is 6.07 Å². The number of ether oxygens (including phenoxy) is 2. The van der Waals surface area contributed by atoms with Crippen molar-refractivity contribution in [3.05, 3.63) is 29.3 Å². The molecular weight excluding hydrogens is 502 g/mol. The highest BCUT2D eigenvalue weighted by atomic mass is 16.6. The number of esters is 1. The molecule has 10 heteroatoms. The van der Waals surface area contributed by atoms with Crippen molar-refractivity contribution in [2.75, 3.05) is 13.2 Å². The summed E-state index contributed by atoms with van der Waals surface area (Å²) in [5.74, 6) is -1.42. The van der Waals surface area contributed by atoms with Gasteiger partial charge < -0.3 is 30.1 Å². The first kappa shape index (κ1) is 31.9. The van der Waals surface area contributed by atoms with Gasteiger partial charge in [-0.05, 0) is 83.1 Å². The summed E-state index contributed by atoms with van der Waals surface area (Å²) in [6.45, 7) is 12.8. The van der Waals surface area contributed by atoms with Crippen LogP contribution in [0.4, 0.5) is 4.79 Å². The van der Waals surface area contributed by atoms with E-state index in [0.717, 1.165) is 19.3 Å². The zero-order valence-corrected chi connectivity index (χ0v) is 24.3. The molecule has 1 fully saturated rings. The maximum Gasteiger partial charge on any atom is 0.408 e. The van der Waals surface area contributed by atoms with Crippen LogP contribution < -0.4 is 10.6 Å². The highest BCUT2D eigenvalue weighted by molar-refractivity contribution is 5.92. The molecule has 0 aromatic heterocycles. The van der Waals surface area contributed by atoms with Gasteiger partial charge in [-0.25, -0.2) is 4.79 Å². The Morgan fingerprint density at radius 2 is 1.82 bits per heavy atom. The summed E-state index contributed by atoms with van der Waals surface area (Å²) in [5.41, 5.74) is 0.341. The summed E-state index contributed by atoms with van der Waals surface area (Å²) < 4.78 is 10.4. The Balaban J connectivity index is 2.47. The number of phenolic OH excluding ortho intramolecular Hbond substituents is 1. The Kier molecular flexibility index (Phi) is 11.6. The van der Waals surface area contributed by atoms with E-state index in [2.05, 4.69) is 10.6 Å². The lowest BCUT2D eigenvalue weighted by atomic mass is 9.86. The molecule has 1 aromatic rings. The molecule has 218 valence electrons. The molecule has 0 bridgehead atoms. The van der Waals surface area contributed by atoms with Crippen LogP contribution in [0.2, 0.25) is 0 Å². The standard InChI is InChI=1S/C29H45N3O7/c1-8-18(3)24(31-28(37)39-29(5,6)7)27(36)32(21-11-10-12-21)25(20-13-14-22(33)19(4)17-20)26(35)30-16-15-23(34)38-9-2/h13-14,17-18,21,24-25,33H,8-12,15-16H2,1-7H3,(H,30,35)(H,31,37). The van der Waals surface area contributed by atoms with Gasteiger partial charge in [0, 0.05) is 12.6 Å². The molecule has 3 atom stereocenters. The smallest absolute Gasteiger partial charge is 0.408 e. The molecule has 2 rings (SSSR count). The fourth-order valence-corrected chi connectivity index (χ4v) is 4.37. The number of aromatic hydroxyl groups is 1. The van der Waals surface area contributed by atoms with Crippen molar-refractivity contribution in [1.82, 2.24) is 15.5 Å². The Bertz CT molecular complexity index is 1020. The van der Waals surface area contributed by atoms with Crippen molar-refractivity contribution in [2.45, 2.75) is 104 Å². The van der Waals surface area contributed by atoms with Crippen LogP contribution in [0, 0.1) is 12.8 Å². The van der Waals surface area contributed by atoms with E-state index in [4.69, 9.17) is 9.47 Å². The maximum absolute atomic E-state index is 14.3. The molecule has 0 radical (unpaired) electrons. The van der Waals surface area contributed by atoms with Crippen LogP contribution in [0.25, 0.3) is 0 Å². The Morgan fingerprint density at radius 1 is 1.15 bits per heavy atom. The van der Waals surface area contributed by atoms with Gasteiger partial charge in [-0.2, -0.15) is 0 Å². The molecule has 10 nitrogen and oxygen atoms in total. The third-order valence-electron chi connectivity index (χ3n) is 6.87. The molecule has 1 aromatic carbocycles. The highest BCUT2D eigenvalue weighted by Crippen LogP contribution is 2.35. The number of carbonyl (C=O) groups excluding carboxylic acids is 4. The van der Waals surface area contributed by atoms with Gasteiger partial charge in [0.1, 0.15) is 23.4 Å². The van der Waals surface area contributed by atoms with Crippen LogP contribution in [0.15, 0.2) is 18.2 Å². The summed E-state index contributed by atoms with van der Waals surface area (Å²) in [4.78, 5) is 54.1. The third-order valence-corrected chi connectivity index (χ3v) is 6.87. The maximum atomic E-state index is 14.3. The Labute approximate surface area is 231 Å². The summed E-state index contributed by atoms with van der Waals surface area (Å²) >= 11 is 0. The molecule has 0 saturated heterocycles. The fraction of sp³-hybridized carbons (Fsp3) is 0.655. The normalized spacial score (nSPS) is 15.8. The number of nitrogens with zero attached hydrogens (tertiary/aromatic N) is 1. The number of amides is 3. The van der Waals surface area contributed by atoms with Gasteiger partial charge in [0.15, 0.2) is 0 Å². The second kappa shape index (κ2) is 14.2. The van der Waals surface area contributed by atoms with Crippen molar-refractivity contribution in [1.29, 1.82) is 0 Å². The minimum absolute atomic E-state index is 0.00598. The molecule has 3 unspecified atom stereocenters. The van der Waals surface area contributed by atoms with E-state index >= 15 is 0 Å². The van der Waals surface area contributed by atoms with Gasteiger partial charge in [0.2, 0.25) is 11.8 Å². The fourth-order valence-electron chi connectivity index (χ4n) is 4.37. The minimum Gasteiger partial charge on any atom is -0.508 e. The second-order valence-corrected chi connectivity index (χ2v) is 11.1. The van der Waals surface area contributed by atoms with E-state index < -0.39 is 35.7 Å². The predicted molar refractivity (Wildman–Crippen MR) is 147 cm³/mol. The SMILES string of the molecule is CCOC(=O)CCNC(=O)C(c1ccc(O)c(C)c1)N(C(=O)C(NC(=O)OC(C)(C)C)C(C)CC)C1CCC1. The number of rotatable bonds is 12. The molecule has 39 heavy (non-hydrogen) atoms. The van der Waals surface area contributed by atoms with E-state index in [1.54, 1.807) is 51.7 Å². The van der Waals surface area contributed by atoms with Crippen LogP contribution in [0.1, 0.15) is 90.8 Å². The average Bonchev–Trinajstić information content (AvgIpc) is 2.81. The van der Waals surface area contributed by atoms with Gasteiger partial charge in [0.25, 0.3) is 0 Å². The van der Waals surface area contributed by atoms with Gasteiger partial charge in [-0.1, -0.05) is 26.3 Å². The van der Waals surface area contributed by atoms with Crippen LogP contribution in [-0.2, 0) is 23.9 Å². The zero-order chi connectivity index (χ0) is 29.3. The number of hydrogen-bond acceptors (Lipinski definition) is 7. The number of hydrogen-bond donors (Lipinski definition) is 3. The van der Waals surface area contributed by atoms with E-state index in [0.29, 0.717) is 17.5 Å². The molecule has 1 aliphatic rings. The number of alkyl carbamates (subject to hydrolysis) is 1. The van der Waals surface area contributed by atoms with Crippen molar-refractivity contribution in [3.8, 4) is 5.75 Å². The number of phenols is 1. The second-order valence-electron chi connectivity index (χ2n) is 11.1. The number of aryl methyl sites for hydroxylation is 1. The Morgan fingerprint density at radius 3 is 2.33 bits per heavy atom. The first-order chi connectivity index (χ1) is 18.3. The van der Waals surface area contributed by atoms with Crippen LogP contribution >= 0.6 is 0 Å². The number of nitrogens with one attached hydrogen (secondary N) is 2.